The van der Waals surface area contributed by atoms with E-state index in [1.54, 1.807) is 6.21 Å². The Balaban J connectivity index is -0.000000119. The van der Waals surface area contributed by atoms with Gasteiger partial charge in [0.25, 0.3) is 0 Å². The summed E-state index contributed by atoms with van der Waals surface area (Å²) >= 11 is 0. The van der Waals surface area contributed by atoms with Crippen LogP contribution in [0.5, 0.6) is 0 Å². The zero-order valence-corrected chi connectivity index (χ0v) is 17.0. The fourth-order valence-electron chi connectivity index (χ4n) is 0.854. The molecule has 0 aliphatic heterocycles. The van der Waals surface area contributed by atoms with Crippen molar-refractivity contribution in [3.05, 3.63) is 58.6 Å². The highest BCUT2D eigenvalue weighted by Crippen LogP contribution is 2.03. The van der Waals surface area contributed by atoms with E-state index in [1.165, 1.54) is 0 Å². The molecule has 0 fully saturated rings. The predicted molar refractivity (Wildman–Crippen MR) is 114 cm³/mol. The van der Waals surface area contributed by atoms with Crippen molar-refractivity contribution in [2.75, 3.05) is 0 Å². The SMILES string of the molecule is C=C(C)/C(C)=C\N=CC.C=c1ccccc1=C.CC.CC.CC. The first-order valence-corrected chi connectivity index (χ1v) is 8.52. The van der Waals surface area contributed by atoms with Crippen molar-refractivity contribution in [2.24, 2.45) is 4.99 Å². The van der Waals surface area contributed by atoms with Crippen molar-refractivity contribution >= 4 is 19.4 Å². The molecule has 132 valence electrons. The normalized spacial score (nSPS) is 8.83. The van der Waals surface area contributed by atoms with E-state index in [4.69, 9.17) is 0 Å². The minimum absolute atomic E-state index is 1.01. The molecule has 0 bridgehead atoms. The minimum atomic E-state index is 1.01. The lowest BCUT2D eigenvalue weighted by Crippen LogP contribution is -2.19. The van der Waals surface area contributed by atoms with Crippen molar-refractivity contribution in [1.29, 1.82) is 0 Å². The third kappa shape index (κ3) is 22.5. The summed E-state index contributed by atoms with van der Waals surface area (Å²) < 4.78 is 0. The summed E-state index contributed by atoms with van der Waals surface area (Å²) in [5.41, 5.74) is 2.20. The van der Waals surface area contributed by atoms with Gasteiger partial charge in [0.2, 0.25) is 0 Å². The van der Waals surface area contributed by atoms with Crippen molar-refractivity contribution in [3.8, 4) is 0 Å². The zero-order valence-electron chi connectivity index (χ0n) is 17.0. The van der Waals surface area contributed by atoms with Crippen LogP contribution in [0, 0.1) is 0 Å². The van der Waals surface area contributed by atoms with Gasteiger partial charge in [-0.15, -0.1) is 0 Å². The first kappa shape index (κ1) is 29.2. The third-order valence-corrected chi connectivity index (χ3v) is 2.21. The molecule has 1 nitrogen and oxygen atoms in total. The summed E-state index contributed by atoms with van der Waals surface area (Å²) in [4.78, 5) is 3.95. The standard InChI is InChI=1S/C8H13N.C8H8.3C2H6/c1-5-9-6-8(4)7(2)3;1-7-5-3-4-6-8(7)2;3*1-2/h5-6H,2H2,1,3-4H3;3-6H,1-2H2;3*1-2H3/b8-6-,9-5?;;;;. The summed E-state index contributed by atoms with van der Waals surface area (Å²) in [5.74, 6) is 0. The second kappa shape index (κ2) is 25.1. The predicted octanol–water partition coefficient (Wildman–Crippen LogP) is 6.14. The second-order valence-electron chi connectivity index (χ2n) is 3.77. The maximum absolute atomic E-state index is 3.95. The van der Waals surface area contributed by atoms with Crippen LogP contribution in [-0.2, 0) is 0 Å². The van der Waals surface area contributed by atoms with E-state index < -0.39 is 0 Å². The van der Waals surface area contributed by atoms with Crippen LogP contribution in [-0.4, -0.2) is 6.21 Å². The molecular formula is C22H39N. The summed E-state index contributed by atoms with van der Waals surface area (Å²) in [6, 6.07) is 7.80. The molecule has 0 saturated heterocycles. The van der Waals surface area contributed by atoms with Crippen LogP contribution in [0.1, 0.15) is 62.3 Å². The molecule has 0 aliphatic rings. The Bertz CT molecular complexity index is 478. The van der Waals surface area contributed by atoms with Gasteiger partial charge < -0.3 is 0 Å². The first-order valence-electron chi connectivity index (χ1n) is 8.52. The highest BCUT2D eigenvalue weighted by Gasteiger charge is 1.84. The molecule has 0 radical (unpaired) electrons. The summed E-state index contributed by atoms with van der Waals surface area (Å²) in [7, 11) is 0. The molecule has 1 rings (SSSR count). The second-order valence-corrected chi connectivity index (χ2v) is 3.77. The number of hydrogen-bond acceptors (Lipinski definition) is 1. The fourth-order valence-corrected chi connectivity index (χ4v) is 0.854. The monoisotopic (exact) mass is 317 g/mol. The van der Waals surface area contributed by atoms with Gasteiger partial charge in [-0.3, -0.25) is 4.99 Å². The van der Waals surface area contributed by atoms with E-state index in [1.807, 2.05) is 92.8 Å². The Labute approximate surface area is 145 Å². The summed E-state index contributed by atoms with van der Waals surface area (Å²) in [6.07, 6.45) is 3.56. The molecular weight excluding hydrogens is 278 g/mol. The Morgan fingerprint density at radius 1 is 0.870 bits per heavy atom. The van der Waals surface area contributed by atoms with Crippen molar-refractivity contribution in [2.45, 2.75) is 62.3 Å². The molecule has 0 aliphatic carbocycles. The average Bonchev–Trinajstić information content (AvgIpc) is 2.61. The summed E-state index contributed by atoms with van der Waals surface area (Å²) in [6.45, 7) is 29.1. The zero-order chi connectivity index (χ0) is 19.3. The fraction of sp³-hybridized carbons (Fsp3) is 0.409. The summed E-state index contributed by atoms with van der Waals surface area (Å²) in [5, 5.41) is 2.01. The number of aliphatic imine (C=N–C) groups is 1. The van der Waals surface area contributed by atoms with Crippen molar-refractivity contribution < 1.29 is 0 Å². The van der Waals surface area contributed by atoms with Gasteiger partial charge >= 0.3 is 0 Å². The van der Waals surface area contributed by atoms with Gasteiger partial charge in [0.05, 0.1) is 0 Å². The lowest BCUT2D eigenvalue weighted by atomic mass is 10.2. The Hall–Kier alpha value is -1.89. The number of rotatable bonds is 2. The van der Waals surface area contributed by atoms with E-state index in [0.29, 0.717) is 0 Å². The van der Waals surface area contributed by atoms with Crippen LogP contribution < -0.4 is 10.4 Å². The van der Waals surface area contributed by atoms with Gasteiger partial charge in [-0.05, 0) is 36.8 Å². The van der Waals surface area contributed by atoms with Gasteiger partial charge in [-0.1, -0.05) is 91.1 Å². The van der Waals surface area contributed by atoms with E-state index in [9.17, 15) is 0 Å². The van der Waals surface area contributed by atoms with E-state index in [0.717, 1.165) is 21.6 Å². The lowest BCUT2D eigenvalue weighted by molar-refractivity contribution is 1.32. The van der Waals surface area contributed by atoms with Crippen molar-refractivity contribution in [3.63, 3.8) is 0 Å². The molecule has 0 atom stereocenters. The molecule has 0 heterocycles. The highest BCUT2D eigenvalue weighted by molar-refractivity contribution is 5.54. The maximum atomic E-state index is 3.95. The molecule has 1 heteroatoms. The topological polar surface area (TPSA) is 12.4 Å². The van der Waals surface area contributed by atoms with Crippen LogP contribution in [0.25, 0.3) is 13.2 Å². The molecule has 1 aromatic rings. The van der Waals surface area contributed by atoms with E-state index in [-0.39, 0.29) is 0 Å². The largest absolute Gasteiger partial charge is 0.269 e. The average molecular weight is 318 g/mol. The van der Waals surface area contributed by atoms with Gasteiger partial charge in [0.15, 0.2) is 0 Å². The maximum Gasteiger partial charge on any atom is 0.0295 e. The molecule has 0 unspecified atom stereocenters. The molecule has 0 N–H and O–H groups in total. The lowest BCUT2D eigenvalue weighted by Gasteiger charge is -1.92. The molecule has 0 aromatic heterocycles. The van der Waals surface area contributed by atoms with Gasteiger partial charge in [0, 0.05) is 12.4 Å². The van der Waals surface area contributed by atoms with Crippen LogP contribution in [0.3, 0.4) is 0 Å². The molecule has 23 heavy (non-hydrogen) atoms. The Morgan fingerprint density at radius 3 is 1.43 bits per heavy atom. The highest BCUT2D eigenvalue weighted by atomic mass is 14.7. The first-order chi connectivity index (χ1) is 11.0. The van der Waals surface area contributed by atoms with Crippen LogP contribution >= 0.6 is 0 Å². The van der Waals surface area contributed by atoms with E-state index in [2.05, 4.69) is 24.7 Å². The number of nitrogens with zero attached hydrogens (tertiary/aromatic N) is 1. The molecule has 1 aromatic carbocycles. The van der Waals surface area contributed by atoms with Gasteiger partial charge in [-0.2, -0.15) is 0 Å². The molecule has 0 spiro atoms. The number of benzene rings is 1. The van der Waals surface area contributed by atoms with Crippen LogP contribution in [0.15, 0.2) is 53.2 Å². The van der Waals surface area contributed by atoms with Crippen molar-refractivity contribution in [1.82, 2.24) is 0 Å². The minimum Gasteiger partial charge on any atom is -0.269 e. The third-order valence-electron chi connectivity index (χ3n) is 2.21. The molecule has 0 amide bonds. The molecule has 0 saturated carbocycles. The Kier molecular flexibility index (Phi) is 31.8. The number of allylic oxidation sites excluding steroid dienone is 2. The quantitative estimate of drug-likeness (QED) is 0.458. The van der Waals surface area contributed by atoms with Crippen LogP contribution in [0.4, 0.5) is 0 Å². The van der Waals surface area contributed by atoms with E-state index >= 15 is 0 Å². The Morgan fingerprint density at radius 2 is 1.22 bits per heavy atom. The van der Waals surface area contributed by atoms with Gasteiger partial charge in [0.1, 0.15) is 0 Å². The smallest absolute Gasteiger partial charge is 0.0295 e. The number of hydrogen-bond donors (Lipinski definition) is 0. The van der Waals surface area contributed by atoms with Gasteiger partial charge in [-0.25, -0.2) is 0 Å². The van der Waals surface area contributed by atoms with Crippen LogP contribution in [0.2, 0.25) is 0 Å².